The topological polar surface area (TPSA) is 76.7 Å². The van der Waals surface area contributed by atoms with Gasteiger partial charge in [0.1, 0.15) is 18.2 Å². The Bertz CT molecular complexity index is 983. The number of carbonyl (C=O) groups excluding carboxylic acids is 2. The first-order valence-electron chi connectivity index (χ1n) is 9.15. The number of carbonyl (C=O) groups is 2. The molecule has 2 amide bonds. The lowest BCUT2D eigenvalue weighted by Gasteiger charge is -2.29. The Balaban J connectivity index is 1.95. The molecule has 1 atom stereocenters. The van der Waals surface area contributed by atoms with Crippen LogP contribution in [0.5, 0.6) is 5.75 Å². The quantitative estimate of drug-likeness (QED) is 0.751. The molecule has 29 heavy (non-hydrogen) atoms. The third kappa shape index (κ3) is 4.39. The molecule has 0 bridgehead atoms. The molecular weight excluding hydrogens is 375 g/mol. The van der Waals surface area contributed by atoms with Crippen LogP contribution in [0.25, 0.3) is 0 Å². The van der Waals surface area contributed by atoms with Crippen LogP contribution in [0.3, 0.4) is 0 Å². The summed E-state index contributed by atoms with van der Waals surface area (Å²) in [5.74, 6) is -0.288. The SMILES string of the molecule is COC(=O)C1=C(C)NC(=O)NC1c1cc(COc2ccc(F)cc2)c(C)cc1C. The molecule has 1 aliphatic heterocycles. The van der Waals surface area contributed by atoms with Crippen molar-refractivity contribution in [1.82, 2.24) is 10.6 Å². The van der Waals surface area contributed by atoms with E-state index < -0.39 is 12.0 Å². The minimum Gasteiger partial charge on any atom is -0.489 e. The number of methoxy groups -OCH3 is 1. The van der Waals surface area contributed by atoms with Gasteiger partial charge in [-0.05, 0) is 73.4 Å². The van der Waals surface area contributed by atoms with E-state index in [0.717, 1.165) is 22.3 Å². The van der Waals surface area contributed by atoms with Gasteiger partial charge in [0.15, 0.2) is 0 Å². The lowest BCUT2D eigenvalue weighted by Crippen LogP contribution is -2.45. The molecule has 7 heteroatoms. The zero-order valence-electron chi connectivity index (χ0n) is 16.8. The summed E-state index contributed by atoms with van der Waals surface area (Å²) >= 11 is 0. The van der Waals surface area contributed by atoms with Crippen LogP contribution >= 0.6 is 0 Å². The molecule has 0 radical (unpaired) electrons. The zero-order valence-corrected chi connectivity index (χ0v) is 16.8. The third-order valence-corrected chi connectivity index (χ3v) is 4.92. The molecule has 0 saturated carbocycles. The standard InChI is InChI=1S/C22H23FN2O4/c1-12-9-13(2)18(10-15(12)11-29-17-7-5-16(23)6-8-17)20-19(21(26)28-4)14(3)24-22(27)25-20/h5-10,20H,11H2,1-4H3,(H2,24,25,27). The molecular formula is C22H23FN2O4. The maximum absolute atomic E-state index is 13.1. The first-order valence-corrected chi connectivity index (χ1v) is 9.15. The fourth-order valence-electron chi connectivity index (χ4n) is 3.38. The third-order valence-electron chi connectivity index (χ3n) is 4.92. The van der Waals surface area contributed by atoms with Crippen LogP contribution in [0.2, 0.25) is 0 Å². The average Bonchev–Trinajstić information content (AvgIpc) is 2.67. The predicted octanol–water partition coefficient (Wildman–Crippen LogP) is 3.82. The fraction of sp³-hybridized carbons (Fsp3) is 0.273. The highest BCUT2D eigenvalue weighted by Crippen LogP contribution is 2.31. The van der Waals surface area contributed by atoms with Gasteiger partial charge >= 0.3 is 12.0 Å². The van der Waals surface area contributed by atoms with Crippen LogP contribution in [-0.2, 0) is 16.1 Å². The Morgan fingerprint density at radius 2 is 1.79 bits per heavy atom. The molecule has 152 valence electrons. The first kappa shape index (κ1) is 20.4. The van der Waals surface area contributed by atoms with E-state index in [1.807, 2.05) is 26.0 Å². The summed E-state index contributed by atoms with van der Waals surface area (Å²) in [4.78, 5) is 24.4. The number of benzene rings is 2. The molecule has 1 heterocycles. The molecule has 1 aliphatic rings. The summed E-state index contributed by atoms with van der Waals surface area (Å²) in [6.07, 6.45) is 0. The van der Waals surface area contributed by atoms with Crippen molar-refractivity contribution < 1.29 is 23.5 Å². The lowest BCUT2D eigenvalue weighted by atomic mass is 9.89. The summed E-state index contributed by atoms with van der Waals surface area (Å²) in [5.41, 5.74) is 4.41. The largest absolute Gasteiger partial charge is 0.489 e. The summed E-state index contributed by atoms with van der Waals surface area (Å²) in [5, 5.41) is 5.42. The number of aryl methyl sites for hydroxylation is 2. The molecule has 0 aliphatic carbocycles. The monoisotopic (exact) mass is 398 g/mol. The number of hydrogen-bond donors (Lipinski definition) is 2. The maximum atomic E-state index is 13.1. The van der Waals surface area contributed by atoms with Gasteiger partial charge < -0.3 is 20.1 Å². The van der Waals surface area contributed by atoms with Gasteiger partial charge in [-0.15, -0.1) is 0 Å². The number of allylic oxidation sites excluding steroid dienone is 1. The normalized spacial score (nSPS) is 16.2. The van der Waals surface area contributed by atoms with Crippen LogP contribution in [0, 0.1) is 19.7 Å². The first-order chi connectivity index (χ1) is 13.8. The minimum absolute atomic E-state index is 0.264. The highest BCUT2D eigenvalue weighted by molar-refractivity contribution is 5.95. The Kier molecular flexibility index (Phi) is 5.87. The molecule has 0 saturated heterocycles. The zero-order chi connectivity index (χ0) is 21.1. The second-order valence-corrected chi connectivity index (χ2v) is 6.94. The van der Waals surface area contributed by atoms with Gasteiger partial charge in [0, 0.05) is 5.70 Å². The average molecular weight is 398 g/mol. The highest BCUT2D eigenvalue weighted by atomic mass is 19.1. The van der Waals surface area contributed by atoms with Gasteiger partial charge in [-0.2, -0.15) is 0 Å². The molecule has 3 rings (SSSR count). The number of rotatable bonds is 5. The molecule has 2 N–H and O–H groups in total. The lowest BCUT2D eigenvalue weighted by molar-refractivity contribution is -0.136. The number of hydrogen-bond acceptors (Lipinski definition) is 4. The Morgan fingerprint density at radius 3 is 2.45 bits per heavy atom. The number of esters is 1. The molecule has 0 spiro atoms. The molecule has 0 aromatic heterocycles. The predicted molar refractivity (Wildman–Crippen MR) is 106 cm³/mol. The van der Waals surface area contributed by atoms with Crippen LogP contribution in [-0.4, -0.2) is 19.1 Å². The Hall–Kier alpha value is -3.35. The molecule has 1 unspecified atom stereocenters. The maximum Gasteiger partial charge on any atom is 0.337 e. The van der Waals surface area contributed by atoms with Crippen molar-refractivity contribution in [2.24, 2.45) is 0 Å². The molecule has 2 aromatic carbocycles. The number of urea groups is 1. The van der Waals surface area contributed by atoms with Gasteiger partial charge in [-0.1, -0.05) is 6.07 Å². The molecule has 2 aromatic rings. The second-order valence-electron chi connectivity index (χ2n) is 6.94. The van der Waals surface area contributed by atoms with Crippen LogP contribution in [0.4, 0.5) is 9.18 Å². The molecule has 6 nitrogen and oxygen atoms in total. The summed E-state index contributed by atoms with van der Waals surface area (Å²) in [7, 11) is 1.31. The van der Waals surface area contributed by atoms with Crippen LogP contribution in [0.15, 0.2) is 47.7 Å². The second kappa shape index (κ2) is 8.34. The number of halogens is 1. The van der Waals surface area contributed by atoms with Crippen molar-refractivity contribution in [2.45, 2.75) is 33.4 Å². The van der Waals surface area contributed by atoms with Gasteiger partial charge in [0.2, 0.25) is 0 Å². The van der Waals surface area contributed by atoms with E-state index in [2.05, 4.69) is 10.6 Å². The van der Waals surface area contributed by atoms with E-state index >= 15 is 0 Å². The highest BCUT2D eigenvalue weighted by Gasteiger charge is 2.33. The van der Waals surface area contributed by atoms with Gasteiger partial charge in [0.25, 0.3) is 0 Å². The van der Waals surface area contributed by atoms with Gasteiger partial charge in [-0.25, -0.2) is 14.0 Å². The Morgan fingerprint density at radius 1 is 1.10 bits per heavy atom. The van der Waals surface area contributed by atoms with Gasteiger partial charge in [0.05, 0.1) is 18.7 Å². The number of amides is 2. The summed E-state index contributed by atoms with van der Waals surface area (Å²) in [6.45, 7) is 5.81. The van der Waals surface area contributed by atoms with Gasteiger partial charge in [-0.3, -0.25) is 0 Å². The van der Waals surface area contributed by atoms with Crippen molar-refractivity contribution in [1.29, 1.82) is 0 Å². The smallest absolute Gasteiger partial charge is 0.337 e. The number of ether oxygens (including phenoxy) is 2. The van der Waals surface area contributed by atoms with Crippen molar-refractivity contribution >= 4 is 12.0 Å². The Labute approximate surface area is 168 Å². The van der Waals surface area contributed by atoms with E-state index in [4.69, 9.17) is 9.47 Å². The van der Waals surface area contributed by atoms with E-state index in [-0.39, 0.29) is 18.5 Å². The number of nitrogens with one attached hydrogen (secondary N) is 2. The van der Waals surface area contributed by atoms with E-state index in [1.54, 1.807) is 19.1 Å². The van der Waals surface area contributed by atoms with E-state index in [9.17, 15) is 14.0 Å². The van der Waals surface area contributed by atoms with Crippen molar-refractivity contribution in [3.8, 4) is 5.75 Å². The van der Waals surface area contributed by atoms with E-state index in [1.165, 1.54) is 19.2 Å². The summed E-state index contributed by atoms with van der Waals surface area (Å²) < 4.78 is 23.8. The summed E-state index contributed by atoms with van der Waals surface area (Å²) in [6, 6.07) is 8.68. The van der Waals surface area contributed by atoms with E-state index in [0.29, 0.717) is 17.0 Å². The van der Waals surface area contributed by atoms with Crippen LogP contribution in [0.1, 0.15) is 35.2 Å². The van der Waals surface area contributed by atoms with Crippen molar-refractivity contribution in [3.05, 3.63) is 75.7 Å². The minimum atomic E-state index is -0.638. The molecule has 0 fully saturated rings. The van der Waals surface area contributed by atoms with Crippen LogP contribution < -0.4 is 15.4 Å². The van der Waals surface area contributed by atoms with Crippen molar-refractivity contribution in [2.75, 3.05) is 7.11 Å². The van der Waals surface area contributed by atoms with Crippen molar-refractivity contribution in [3.63, 3.8) is 0 Å². The fourth-order valence-corrected chi connectivity index (χ4v) is 3.38.